The summed E-state index contributed by atoms with van der Waals surface area (Å²) < 4.78 is 10.9. The highest BCUT2D eigenvalue weighted by molar-refractivity contribution is 5.69. The van der Waals surface area contributed by atoms with E-state index in [1.807, 2.05) is 11.8 Å². The Morgan fingerprint density at radius 1 is 0.510 bits per heavy atom. The monoisotopic (exact) mass is 692 g/mol. The summed E-state index contributed by atoms with van der Waals surface area (Å²) in [7, 11) is 0. The third-order valence-corrected chi connectivity index (χ3v) is 9.46. The number of ether oxygens (including phenoxy) is 2. The molecule has 0 fully saturated rings. The highest BCUT2D eigenvalue weighted by Crippen LogP contribution is 2.12. The van der Waals surface area contributed by atoms with Gasteiger partial charge in [-0.3, -0.25) is 14.5 Å². The number of hydrogen-bond acceptors (Lipinski definition) is 6. The second-order valence-corrected chi connectivity index (χ2v) is 14.2. The van der Waals surface area contributed by atoms with Crippen molar-refractivity contribution in [3.63, 3.8) is 0 Å². The summed E-state index contributed by atoms with van der Waals surface area (Å²) in [6.45, 7) is 8.08. The molecule has 0 bridgehead atoms. The SMILES string of the molecule is CCCCCCCC/C=C\CCCCCCCC(=O)OCCN(CCOC(=O)CCCCCCC/C=C\CCCCCCCC)C(C)CO. The van der Waals surface area contributed by atoms with Gasteiger partial charge in [0.1, 0.15) is 13.2 Å². The minimum Gasteiger partial charge on any atom is -0.464 e. The zero-order chi connectivity index (χ0) is 35.9. The highest BCUT2D eigenvalue weighted by Gasteiger charge is 2.15. The third kappa shape index (κ3) is 36.0. The molecule has 0 aromatic heterocycles. The van der Waals surface area contributed by atoms with Crippen molar-refractivity contribution in [1.82, 2.24) is 4.90 Å². The molecule has 0 aromatic carbocycles. The number of unbranched alkanes of at least 4 members (excludes halogenated alkanes) is 22. The standard InChI is InChI=1S/C43H81NO5/c1-4-6-8-10-12-14-16-18-20-22-24-26-28-30-32-34-42(46)48-38-36-44(41(3)40-45)37-39-49-43(47)35-33-31-29-27-25-23-21-19-17-15-13-11-9-7-5-2/h18-21,41,45H,4-17,22-40H2,1-3H3/b20-18-,21-19-. The van der Waals surface area contributed by atoms with Crippen LogP contribution in [0.15, 0.2) is 24.3 Å². The fraction of sp³-hybridized carbons (Fsp3) is 0.860. The Balaban J connectivity index is 3.74. The highest BCUT2D eigenvalue weighted by atomic mass is 16.5. The zero-order valence-electron chi connectivity index (χ0n) is 32.7. The van der Waals surface area contributed by atoms with E-state index in [4.69, 9.17) is 9.47 Å². The Bertz CT molecular complexity index is 709. The lowest BCUT2D eigenvalue weighted by atomic mass is 10.1. The number of rotatable bonds is 38. The number of nitrogens with zero attached hydrogens (tertiary/aromatic N) is 1. The van der Waals surface area contributed by atoms with Crippen LogP contribution in [0.25, 0.3) is 0 Å². The van der Waals surface area contributed by atoms with Crippen molar-refractivity contribution in [3.05, 3.63) is 24.3 Å². The van der Waals surface area contributed by atoms with Gasteiger partial charge in [-0.1, -0.05) is 141 Å². The second-order valence-electron chi connectivity index (χ2n) is 14.2. The Kier molecular flexibility index (Phi) is 37.8. The van der Waals surface area contributed by atoms with E-state index < -0.39 is 0 Å². The van der Waals surface area contributed by atoms with Gasteiger partial charge in [0.15, 0.2) is 0 Å². The molecule has 0 aromatic rings. The summed E-state index contributed by atoms with van der Waals surface area (Å²) in [5.74, 6) is -0.304. The lowest BCUT2D eigenvalue weighted by Gasteiger charge is -2.27. The third-order valence-electron chi connectivity index (χ3n) is 9.46. The largest absolute Gasteiger partial charge is 0.464 e. The van der Waals surface area contributed by atoms with Gasteiger partial charge >= 0.3 is 11.9 Å². The molecule has 1 N–H and O–H groups in total. The molecular weight excluding hydrogens is 610 g/mol. The molecule has 0 aliphatic rings. The topological polar surface area (TPSA) is 76.1 Å². The molecular formula is C43H81NO5. The molecule has 0 heterocycles. The molecule has 1 atom stereocenters. The van der Waals surface area contributed by atoms with Gasteiger partial charge in [0.2, 0.25) is 0 Å². The van der Waals surface area contributed by atoms with Gasteiger partial charge < -0.3 is 14.6 Å². The minimum absolute atomic E-state index is 0.00568. The lowest BCUT2D eigenvalue weighted by Crippen LogP contribution is -2.40. The number of esters is 2. The fourth-order valence-corrected chi connectivity index (χ4v) is 6.05. The van der Waals surface area contributed by atoms with Gasteiger partial charge in [0.25, 0.3) is 0 Å². The smallest absolute Gasteiger partial charge is 0.305 e. The molecule has 49 heavy (non-hydrogen) atoms. The maximum atomic E-state index is 12.2. The first-order chi connectivity index (χ1) is 24.0. The van der Waals surface area contributed by atoms with Gasteiger partial charge in [-0.2, -0.15) is 0 Å². The summed E-state index contributed by atoms with van der Waals surface area (Å²) in [4.78, 5) is 26.4. The number of allylic oxidation sites excluding steroid dienone is 4. The van der Waals surface area contributed by atoms with Gasteiger partial charge in [-0.25, -0.2) is 0 Å². The second kappa shape index (κ2) is 39.1. The Hall–Kier alpha value is -1.66. The Morgan fingerprint density at radius 2 is 0.816 bits per heavy atom. The number of carbonyl (C=O) groups is 2. The van der Waals surface area contributed by atoms with Crippen molar-refractivity contribution >= 4 is 11.9 Å². The summed E-state index contributed by atoms with van der Waals surface area (Å²) in [6, 6.07) is -0.0896. The fourth-order valence-electron chi connectivity index (χ4n) is 6.05. The van der Waals surface area contributed by atoms with Crippen molar-refractivity contribution in [2.24, 2.45) is 0 Å². The van der Waals surface area contributed by atoms with Crippen LogP contribution in [0.2, 0.25) is 0 Å². The van der Waals surface area contributed by atoms with Crippen molar-refractivity contribution in [3.8, 4) is 0 Å². The Labute approximate surface area is 304 Å². The van der Waals surface area contributed by atoms with Crippen molar-refractivity contribution < 1.29 is 24.2 Å². The van der Waals surface area contributed by atoms with Crippen LogP contribution < -0.4 is 0 Å². The number of carbonyl (C=O) groups excluding carboxylic acids is 2. The van der Waals surface area contributed by atoms with Crippen LogP contribution in [0.5, 0.6) is 0 Å². The molecule has 0 radical (unpaired) electrons. The Morgan fingerprint density at radius 3 is 1.14 bits per heavy atom. The van der Waals surface area contributed by atoms with Gasteiger partial charge in [-0.05, 0) is 71.1 Å². The van der Waals surface area contributed by atoms with E-state index in [1.165, 1.54) is 116 Å². The molecule has 6 nitrogen and oxygen atoms in total. The first-order valence-electron chi connectivity index (χ1n) is 21.0. The minimum atomic E-state index is -0.152. The van der Waals surface area contributed by atoms with Crippen LogP contribution in [0, 0.1) is 0 Å². The predicted molar refractivity (Wildman–Crippen MR) is 209 cm³/mol. The average Bonchev–Trinajstić information content (AvgIpc) is 3.10. The van der Waals surface area contributed by atoms with Gasteiger partial charge in [-0.15, -0.1) is 0 Å². The van der Waals surface area contributed by atoms with E-state index in [0.717, 1.165) is 51.4 Å². The van der Waals surface area contributed by atoms with Crippen LogP contribution in [0.1, 0.15) is 201 Å². The van der Waals surface area contributed by atoms with E-state index >= 15 is 0 Å². The summed E-state index contributed by atoms with van der Waals surface area (Å²) in [6.07, 6.45) is 42.4. The molecule has 0 rings (SSSR count). The number of aliphatic hydroxyl groups excluding tert-OH is 1. The maximum absolute atomic E-state index is 12.2. The molecule has 6 heteroatoms. The summed E-state index contributed by atoms with van der Waals surface area (Å²) in [5.41, 5.74) is 0. The molecule has 0 spiro atoms. The van der Waals surface area contributed by atoms with Crippen LogP contribution in [0.4, 0.5) is 0 Å². The summed E-state index contributed by atoms with van der Waals surface area (Å²) >= 11 is 0. The van der Waals surface area contributed by atoms with Crippen LogP contribution in [0.3, 0.4) is 0 Å². The predicted octanol–water partition coefficient (Wildman–Crippen LogP) is 11.8. The van der Waals surface area contributed by atoms with Gasteiger partial charge in [0.05, 0.1) is 6.61 Å². The van der Waals surface area contributed by atoms with Crippen LogP contribution in [-0.2, 0) is 19.1 Å². The van der Waals surface area contributed by atoms with Gasteiger partial charge in [0, 0.05) is 32.0 Å². The normalized spacial score (nSPS) is 12.4. The molecule has 0 saturated heterocycles. The lowest BCUT2D eigenvalue weighted by molar-refractivity contribution is -0.144. The van der Waals surface area contributed by atoms with E-state index in [1.54, 1.807) is 0 Å². The van der Waals surface area contributed by atoms with Crippen molar-refractivity contribution in [1.29, 1.82) is 0 Å². The molecule has 1 unspecified atom stereocenters. The summed E-state index contributed by atoms with van der Waals surface area (Å²) in [5, 5.41) is 9.66. The molecule has 0 saturated carbocycles. The van der Waals surface area contributed by atoms with Crippen molar-refractivity contribution in [2.75, 3.05) is 32.9 Å². The quantitative estimate of drug-likeness (QED) is 0.0394. The first-order valence-corrected chi connectivity index (χ1v) is 21.0. The zero-order valence-corrected chi connectivity index (χ0v) is 32.7. The number of aliphatic hydroxyl groups is 1. The molecule has 0 aliphatic carbocycles. The molecule has 0 amide bonds. The maximum Gasteiger partial charge on any atom is 0.305 e. The van der Waals surface area contributed by atoms with E-state index in [-0.39, 0.29) is 37.8 Å². The molecule has 0 aliphatic heterocycles. The molecule has 288 valence electrons. The van der Waals surface area contributed by atoms with Crippen LogP contribution in [-0.4, -0.2) is 60.9 Å². The van der Waals surface area contributed by atoms with E-state index in [9.17, 15) is 14.7 Å². The van der Waals surface area contributed by atoms with E-state index in [2.05, 4.69) is 38.2 Å². The number of hydrogen-bond donors (Lipinski definition) is 1. The van der Waals surface area contributed by atoms with Crippen molar-refractivity contribution in [2.45, 2.75) is 207 Å². The van der Waals surface area contributed by atoms with Crippen LogP contribution >= 0.6 is 0 Å². The first kappa shape index (κ1) is 47.3. The van der Waals surface area contributed by atoms with E-state index in [0.29, 0.717) is 25.9 Å². The average molecular weight is 692 g/mol.